The maximum atomic E-state index is 13.1. The molecule has 0 aliphatic carbocycles. The number of hydrogen-bond acceptors (Lipinski definition) is 3. The second kappa shape index (κ2) is 6.71. The molecule has 3 aromatic rings. The molecule has 1 heterocycles. The summed E-state index contributed by atoms with van der Waals surface area (Å²) in [6, 6.07) is 17.1. The SMILES string of the molecule is CCC(C(=O)n1cc(C(=O)OC)c2ccccc21)c1ccccc1. The van der Waals surface area contributed by atoms with Crippen molar-refractivity contribution in [2.24, 2.45) is 0 Å². The summed E-state index contributed by atoms with van der Waals surface area (Å²) in [5, 5.41) is 0.723. The lowest BCUT2D eigenvalue weighted by Gasteiger charge is -2.15. The molecular formula is C20H19NO3. The Morgan fingerprint density at radius 3 is 2.38 bits per heavy atom. The summed E-state index contributed by atoms with van der Waals surface area (Å²) in [7, 11) is 1.34. The van der Waals surface area contributed by atoms with Gasteiger partial charge in [-0.3, -0.25) is 9.36 Å². The fourth-order valence-electron chi connectivity index (χ4n) is 3.04. The van der Waals surface area contributed by atoms with Crippen molar-refractivity contribution < 1.29 is 14.3 Å². The first-order chi connectivity index (χ1) is 11.7. The first-order valence-electron chi connectivity index (χ1n) is 7.95. The lowest BCUT2D eigenvalue weighted by Crippen LogP contribution is -2.19. The number of aromatic nitrogens is 1. The molecule has 0 fully saturated rings. The third-order valence-electron chi connectivity index (χ3n) is 4.26. The summed E-state index contributed by atoms with van der Waals surface area (Å²) in [4.78, 5) is 25.2. The van der Waals surface area contributed by atoms with Crippen LogP contribution in [0.2, 0.25) is 0 Å². The van der Waals surface area contributed by atoms with E-state index in [-0.39, 0.29) is 11.8 Å². The van der Waals surface area contributed by atoms with Gasteiger partial charge < -0.3 is 4.74 Å². The molecular weight excluding hydrogens is 302 g/mol. The van der Waals surface area contributed by atoms with Crippen molar-refractivity contribution in [1.82, 2.24) is 4.57 Å². The molecule has 24 heavy (non-hydrogen) atoms. The Balaban J connectivity index is 2.11. The molecule has 1 aromatic heterocycles. The normalized spacial score (nSPS) is 12.1. The Kier molecular flexibility index (Phi) is 4.47. The van der Waals surface area contributed by atoms with E-state index in [2.05, 4.69) is 0 Å². The van der Waals surface area contributed by atoms with E-state index in [1.165, 1.54) is 7.11 Å². The van der Waals surface area contributed by atoms with Crippen LogP contribution in [0.5, 0.6) is 0 Å². The van der Waals surface area contributed by atoms with Gasteiger partial charge in [0.1, 0.15) is 0 Å². The summed E-state index contributed by atoms with van der Waals surface area (Å²) < 4.78 is 6.42. The molecule has 4 nitrogen and oxygen atoms in total. The Hall–Kier alpha value is -2.88. The third-order valence-corrected chi connectivity index (χ3v) is 4.26. The van der Waals surface area contributed by atoms with Crippen LogP contribution in [0.15, 0.2) is 60.8 Å². The lowest BCUT2D eigenvalue weighted by atomic mass is 9.95. The van der Waals surface area contributed by atoms with Crippen LogP contribution < -0.4 is 0 Å². The van der Waals surface area contributed by atoms with Crippen LogP contribution in [-0.4, -0.2) is 23.6 Å². The van der Waals surface area contributed by atoms with Crippen LogP contribution in [0.25, 0.3) is 10.9 Å². The standard InChI is InChI=1S/C20H19NO3/c1-3-15(14-9-5-4-6-10-14)19(22)21-13-17(20(23)24-2)16-11-7-8-12-18(16)21/h4-13,15H,3H2,1-2H3. The Morgan fingerprint density at radius 1 is 1.04 bits per heavy atom. The molecule has 0 bridgehead atoms. The predicted octanol–water partition coefficient (Wildman–Crippen LogP) is 4.26. The number of benzene rings is 2. The van der Waals surface area contributed by atoms with Gasteiger partial charge in [0.05, 0.1) is 24.1 Å². The van der Waals surface area contributed by atoms with Gasteiger partial charge in [-0.05, 0) is 18.1 Å². The highest BCUT2D eigenvalue weighted by atomic mass is 16.5. The van der Waals surface area contributed by atoms with Gasteiger partial charge in [-0.25, -0.2) is 4.79 Å². The fraction of sp³-hybridized carbons (Fsp3) is 0.200. The smallest absolute Gasteiger partial charge is 0.340 e. The van der Waals surface area contributed by atoms with E-state index in [9.17, 15) is 9.59 Å². The molecule has 2 aromatic carbocycles. The van der Waals surface area contributed by atoms with E-state index < -0.39 is 5.97 Å². The number of methoxy groups -OCH3 is 1. The summed E-state index contributed by atoms with van der Waals surface area (Å²) in [5.41, 5.74) is 2.10. The quantitative estimate of drug-likeness (QED) is 0.675. The molecule has 0 saturated heterocycles. The molecule has 1 unspecified atom stereocenters. The van der Waals surface area contributed by atoms with Crippen molar-refractivity contribution in [3.63, 3.8) is 0 Å². The zero-order valence-corrected chi connectivity index (χ0v) is 13.7. The maximum Gasteiger partial charge on any atom is 0.340 e. The minimum atomic E-state index is -0.439. The van der Waals surface area contributed by atoms with E-state index in [1.54, 1.807) is 10.8 Å². The number of para-hydroxylation sites is 1. The van der Waals surface area contributed by atoms with Crippen LogP contribution in [0.4, 0.5) is 0 Å². The monoisotopic (exact) mass is 321 g/mol. The Morgan fingerprint density at radius 2 is 1.71 bits per heavy atom. The number of fused-ring (bicyclic) bond motifs is 1. The molecule has 0 aliphatic rings. The second-order valence-corrected chi connectivity index (χ2v) is 5.63. The van der Waals surface area contributed by atoms with E-state index in [0.29, 0.717) is 12.0 Å². The molecule has 0 saturated carbocycles. The Labute approximate surface area is 140 Å². The van der Waals surface area contributed by atoms with Crippen molar-refractivity contribution in [3.05, 3.63) is 71.9 Å². The number of ether oxygens (including phenoxy) is 1. The fourth-order valence-corrected chi connectivity index (χ4v) is 3.04. The number of carbonyl (C=O) groups excluding carboxylic acids is 2. The highest BCUT2D eigenvalue weighted by Gasteiger charge is 2.24. The first kappa shape index (κ1) is 16.0. The number of carbonyl (C=O) groups is 2. The van der Waals surface area contributed by atoms with Crippen molar-refractivity contribution >= 4 is 22.8 Å². The summed E-state index contributed by atoms with van der Waals surface area (Å²) in [5.74, 6) is -0.743. The van der Waals surface area contributed by atoms with Crippen molar-refractivity contribution in [3.8, 4) is 0 Å². The zero-order valence-electron chi connectivity index (χ0n) is 13.7. The van der Waals surface area contributed by atoms with Gasteiger partial charge in [-0.1, -0.05) is 55.5 Å². The second-order valence-electron chi connectivity index (χ2n) is 5.63. The minimum absolute atomic E-state index is 0.0462. The van der Waals surface area contributed by atoms with E-state index >= 15 is 0 Å². The summed E-state index contributed by atoms with van der Waals surface area (Å²) in [6.45, 7) is 1.99. The van der Waals surface area contributed by atoms with Crippen LogP contribution in [0, 0.1) is 0 Å². The van der Waals surface area contributed by atoms with E-state index in [0.717, 1.165) is 16.5 Å². The molecule has 122 valence electrons. The van der Waals surface area contributed by atoms with Gasteiger partial charge in [-0.2, -0.15) is 0 Å². The summed E-state index contributed by atoms with van der Waals surface area (Å²) in [6.07, 6.45) is 2.27. The number of rotatable bonds is 4. The maximum absolute atomic E-state index is 13.1. The largest absolute Gasteiger partial charge is 0.465 e. The van der Waals surface area contributed by atoms with Gasteiger partial charge in [-0.15, -0.1) is 0 Å². The van der Waals surface area contributed by atoms with Gasteiger partial charge in [0, 0.05) is 11.6 Å². The van der Waals surface area contributed by atoms with Crippen LogP contribution in [0.1, 0.15) is 40.0 Å². The topological polar surface area (TPSA) is 48.3 Å². The highest BCUT2D eigenvalue weighted by molar-refractivity contribution is 6.07. The lowest BCUT2D eigenvalue weighted by molar-refractivity contribution is 0.0603. The number of nitrogens with zero attached hydrogens (tertiary/aromatic N) is 1. The summed E-state index contributed by atoms with van der Waals surface area (Å²) >= 11 is 0. The van der Waals surface area contributed by atoms with Gasteiger partial charge in [0.2, 0.25) is 5.91 Å². The Bertz CT molecular complexity index is 880. The molecule has 4 heteroatoms. The molecule has 0 radical (unpaired) electrons. The highest BCUT2D eigenvalue weighted by Crippen LogP contribution is 2.27. The number of esters is 1. The molecule has 0 spiro atoms. The average molecular weight is 321 g/mol. The van der Waals surface area contributed by atoms with Crippen molar-refractivity contribution in [2.45, 2.75) is 19.3 Å². The van der Waals surface area contributed by atoms with Gasteiger partial charge >= 0.3 is 5.97 Å². The zero-order chi connectivity index (χ0) is 17.1. The van der Waals surface area contributed by atoms with Crippen molar-refractivity contribution in [1.29, 1.82) is 0 Å². The van der Waals surface area contributed by atoms with E-state index in [4.69, 9.17) is 4.74 Å². The molecule has 0 amide bonds. The third kappa shape index (κ3) is 2.71. The minimum Gasteiger partial charge on any atom is -0.465 e. The van der Waals surface area contributed by atoms with Crippen molar-refractivity contribution in [2.75, 3.05) is 7.11 Å². The molecule has 0 N–H and O–H groups in total. The average Bonchev–Trinajstić information content (AvgIpc) is 3.02. The first-order valence-corrected chi connectivity index (χ1v) is 7.95. The molecule has 1 atom stereocenters. The predicted molar refractivity (Wildman–Crippen MR) is 93.4 cm³/mol. The number of hydrogen-bond donors (Lipinski definition) is 0. The van der Waals surface area contributed by atoms with Crippen LogP contribution in [0.3, 0.4) is 0 Å². The van der Waals surface area contributed by atoms with Crippen LogP contribution >= 0.6 is 0 Å². The molecule has 0 aliphatic heterocycles. The van der Waals surface area contributed by atoms with E-state index in [1.807, 2.05) is 61.5 Å². The van der Waals surface area contributed by atoms with Crippen LogP contribution in [-0.2, 0) is 4.74 Å². The van der Waals surface area contributed by atoms with Gasteiger partial charge in [0.25, 0.3) is 0 Å². The molecule has 3 rings (SSSR count). The van der Waals surface area contributed by atoms with Gasteiger partial charge in [0.15, 0.2) is 0 Å².